The van der Waals surface area contributed by atoms with Crippen molar-refractivity contribution in [2.75, 3.05) is 0 Å². The first-order valence-electron chi connectivity index (χ1n) is 6.27. The topological polar surface area (TPSA) is 80.6 Å². The Kier molecular flexibility index (Phi) is 4.58. The first-order chi connectivity index (χ1) is 10.8. The number of halogens is 3. The molecule has 122 valence electrons. The number of carbonyl (C=O) groups excluding carboxylic acids is 2. The quantitative estimate of drug-likeness (QED) is 0.849. The third-order valence-electron chi connectivity index (χ3n) is 2.74. The van der Waals surface area contributed by atoms with Gasteiger partial charge in [-0.05, 0) is 37.3 Å². The zero-order valence-corrected chi connectivity index (χ0v) is 11.7. The zero-order chi connectivity index (χ0) is 17.0. The van der Waals surface area contributed by atoms with Crippen molar-refractivity contribution in [3.8, 4) is 5.75 Å². The number of furan rings is 1. The van der Waals surface area contributed by atoms with E-state index in [0.29, 0.717) is 5.76 Å². The number of carbonyl (C=O) groups is 2. The summed E-state index contributed by atoms with van der Waals surface area (Å²) in [7, 11) is 0. The molecule has 0 unspecified atom stereocenters. The maximum absolute atomic E-state index is 12.0. The maximum Gasteiger partial charge on any atom is 0.573 e. The van der Waals surface area contributed by atoms with E-state index >= 15 is 0 Å². The lowest BCUT2D eigenvalue weighted by atomic mass is 10.2. The summed E-state index contributed by atoms with van der Waals surface area (Å²) in [4.78, 5) is 23.5. The Labute approximate surface area is 128 Å². The van der Waals surface area contributed by atoms with Crippen molar-refractivity contribution in [1.29, 1.82) is 0 Å². The van der Waals surface area contributed by atoms with Gasteiger partial charge >= 0.3 is 6.36 Å². The van der Waals surface area contributed by atoms with Crippen molar-refractivity contribution in [3.05, 3.63) is 53.5 Å². The van der Waals surface area contributed by atoms with E-state index in [-0.39, 0.29) is 11.1 Å². The number of hydrogen-bond acceptors (Lipinski definition) is 4. The Morgan fingerprint density at radius 1 is 1.04 bits per heavy atom. The summed E-state index contributed by atoms with van der Waals surface area (Å²) in [5.74, 6) is -1.35. The number of aryl methyl sites for hydroxylation is 1. The monoisotopic (exact) mass is 328 g/mol. The molecule has 9 heteroatoms. The second kappa shape index (κ2) is 6.42. The van der Waals surface area contributed by atoms with Crippen LogP contribution in [0.5, 0.6) is 5.75 Å². The lowest BCUT2D eigenvalue weighted by Crippen LogP contribution is -2.41. The molecule has 0 fully saturated rings. The van der Waals surface area contributed by atoms with Crippen LogP contribution in [0.15, 0.2) is 41.0 Å². The van der Waals surface area contributed by atoms with Crippen molar-refractivity contribution in [1.82, 2.24) is 10.9 Å². The smallest absolute Gasteiger partial charge is 0.469 e. The third-order valence-corrected chi connectivity index (χ3v) is 2.74. The van der Waals surface area contributed by atoms with Crippen molar-refractivity contribution < 1.29 is 31.9 Å². The summed E-state index contributed by atoms with van der Waals surface area (Å²) in [6.45, 7) is 1.58. The molecule has 0 atom stereocenters. The van der Waals surface area contributed by atoms with Crippen LogP contribution in [-0.2, 0) is 0 Å². The Bertz CT molecular complexity index is 708. The fourth-order valence-corrected chi connectivity index (χ4v) is 1.68. The molecule has 2 aromatic rings. The molecule has 0 aliphatic rings. The van der Waals surface area contributed by atoms with Crippen molar-refractivity contribution in [3.63, 3.8) is 0 Å². The second-order valence-electron chi connectivity index (χ2n) is 4.37. The van der Waals surface area contributed by atoms with Gasteiger partial charge in [0, 0.05) is 5.56 Å². The minimum atomic E-state index is -4.81. The van der Waals surface area contributed by atoms with Gasteiger partial charge < -0.3 is 9.15 Å². The van der Waals surface area contributed by atoms with Crippen LogP contribution in [0, 0.1) is 6.92 Å². The largest absolute Gasteiger partial charge is 0.573 e. The van der Waals surface area contributed by atoms with Gasteiger partial charge in [-0.1, -0.05) is 0 Å². The summed E-state index contributed by atoms with van der Waals surface area (Å²) in [6.07, 6.45) is -3.48. The molecule has 2 N–H and O–H groups in total. The highest BCUT2D eigenvalue weighted by atomic mass is 19.4. The molecular formula is C14H11F3N2O4. The van der Waals surface area contributed by atoms with Crippen LogP contribution in [0.3, 0.4) is 0 Å². The van der Waals surface area contributed by atoms with Crippen LogP contribution in [-0.4, -0.2) is 18.2 Å². The molecule has 2 amide bonds. The van der Waals surface area contributed by atoms with E-state index in [0.717, 1.165) is 24.3 Å². The molecule has 1 aromatic heterocycles. The summed E-state index contributed by atoms with van der Waals surface area (Å²) < 4.78 is 44.7. The van der Waals surface area contributed by atoms with Crippen LogP contribution in [0.25, 0.3) is 0 Å². The predicted molar refractivity (Wildman–Crippen MR) is 71.5 cm³/mol. The standard InChI is InChI=1S/C14H11F3N2O4/c1-8-11(6-7-22-8)13(21)19-18-12(20)9-2-4-10(5-3-9)23-14(15,16)17/h2-7H,1H3,(H,18,20)(H,19,21). The molecule has 6 nitrogen and oxygen atoms in total. The summed E-state index contributed by atoms with van der Waals surface area (Å²) in [6, 6.07) is 5.67. The molecule has 0 saturated heterocycles. The van der Waals surface area contributed by atoms with E-state index < -0.39 is 23.9 Å². The van der Waals surface area contributed by atoms with E-state index in [2.05, 4.69) is 15.6 Å². The van der Waals surface area contributed by atoms with Gasteiger partial charge in [-0.3, -0.25) is 20.4 Å². The van der Waals surface area contributed by atoms with Gasteiger partial charge in [-0.25, -0.2) is 0 Å². The number of rotatable bonds is 3. The number of benzene rings is 1. The van der Waals surface area contributed by atoms with Crippen LogP contribution < -0.4 is 15.6 Å². The summed E-state index contributed by atoms with van der Waals surface area (Å²) >= 11 is 0. The average Bonchev–Trinajstić information content (AvgIpc) is 2.90. The fraction of sp³-hybridized carbons (Fsp3) is 0.143. The second-order valence-corrected chi connectivity index (χ2v) is 4.37. The highest BCUT2D eigenvalue weighted by Crippen LogP contribution is 2.22. The van der Waals surface area contributed by atoms with Gasteiger partial charge in [0.25, 0.3) is 11.8 Å². The van der Waals surface area contributed by atoms with Gasteiger partial charge in [0.05, 0.1) is 11.8 Å². The Morgan fingerprint density at radius 3 is 2.17 bits per heavy atom. The third kappa shape index (κ3) is 4.50. The SMILES string of the molecule is Cc1occc1C(=O)NNC(=O)c1ccc(OC(F)(F)F)cc1. The molecular weight excluding hydrogens is 317 g/mol. The fourth-order valence-electron chi connectivity index (χ4n) is 1.68. The van der Waals surface area contributed by atoms with Crippen molar-refractivity contribution in [2.24, 2.45) is 0 Å². The number of hydrazine groups is 1. The van der Waals surface area contributed by atoms with Gasteiger partial charge in [0.1, 0.15) is 11.5 Å². The molecule has 1 heterocycles. The average molecular weight is 328 g/mol. The lowest BCUT2D eigenvalue weighted by molar-refractivity contribution is -0.274. The molecule has 0 saturated carbocycles. The van der Waals surface area contributed by atoms with E-state index in [1.807, 2.05) is 0 Å². The molecule has 1 aromatic carbocycles. The lowest BCUT2D eigenvalue weighted by Gasteiger charge is -2.10. The molecule has 0 spiro atoms. The number of nitrogens with one attached hydrogen (secondary N) is 2. The highest BCUT2D eigenvalue weighted by Gasteiger charge is 2.31. The van der Waals surface area contributed by atoms with E-state index in [4.69, 9.17) is 4.42 Å². The minimum Gasteiger partial charge on any atom is -0.469 e. The van der Waals surface area contributed by atoms with Gasteiger partial charge in [-0.2, -0.15) is 0 Å². The minimum absolute atomic E-state index is 0.0451. The van der Waals surface area contributed by atoms with Crippen LogP contribution in [0.2, 0.25) is 0 Å². The maximum atomic E-state index is 12.0. The number of alkyl halides is 3. The number of ether oxygens (including phenoxy) is 1. The van der Waals surface area contributed by atoms with Gasteiger partial charge in [-0.15, -0.1) is 13.2 Å². The molecule has 23 heavy (non-hydrogen) atoms. The molecule has 0 radical (unpaired) electrons. The Hall–Kier alpha value is -2.97. The summed E-state index contributed by atoms with van der Waals surface area (Å²) in [5.41, 5.74) is 4.60. The first-order valence-corrected chi connectivity index (χ1v) is 6.27. The van der Waals surface area contributed by atoms with E-state index in [1.165, 1.54) is 12.3 Å². The molecule has 0 aliphatic heterocycles. The molecule has 2 rings (SSSR count). The molecule has 0 aliphatic carbocycles. The van der Waals surface area contributed by atoms with Gasteiger partial charge in [0.15, 0.2) is 0 Å². The van der Waals surface area contributed by atoms with Crippen LogP contribution >= 0.6 is 0 Å². The van der Waals surface area contributed by atoms with Crippen LogP contribution in [0.4, 0.5) is 13.2 Å². The van der Waals surface area contributed by atoms with Gasteiger partial charge in [0.2, 0.25) is 0 Å². The normalized spacial score (nSPS) is 11.0. The Balaban J connectivity index is 1.93. The van der Waals surface area contributed by atoms with E-state index in [9.17, 15) is 22.8 Å². The first kappa shape index (κ1) is 16.4. The van der Waals surface area contributed by atoms with Crippen molar-refractivity contribution >= 4 is 11.8 Å². The summed E-state index contributed by atoms with van der Waals surface area (Å²) in [5, 5.41) is 0. The van der Waals surface area contributed by atoms with Crippen LogP contribution in [0.1, 0.15) is 26.5 Å². The Morgan fingerprint density at radius 2 is 1.65 bits per heavy atom. The zero-order valence-electron chi connectivity index (χ0n) is 11.7. The molecule has 0 bridgehead atoms. The van der Waals surface area contributed by atoms with E-state index in [1.54, 1.807) is 6.92 Å². The number of hydrogen-bond donors (Lipinski definition) is 2. The van der Waals surface area contributed by atoms with Crippen molar-refractivity contribution in [2.45, 2.75) is 13.3 Å². The predicted octanol–water partition coefficient (Wildman–Crippen LogP) is 2.56. The highest BCUT2D eigenvalue weighted by molar-refractivity contribution is 5.99. The number of amides is 2.